The largest absolute Gasteiger partial charge is 0.444 e. The maximum atomic E-state index is 12.3. The van der Waals surface area contributed by atoms with Gasteiger partial charge in [0.15, 0.2) is 0 Å². The highest BCUT2D eigenvalue weighted by molar-refractivity contribution is 5.76. The Hall–Kier alpha value is -2.83. The Morgan fingerprint density at radius 3 is 2.53 bits per heavy atom. The predicted molar refractivity (Wildman–Crippen MR) is 115 cm³/mol. The van der Waals surface area contributed by atoms with Gasteiger partial charge < -0.3 is 15.0 Å². The summed E-state index contributed by atoms with van der Waals surface area (Å²) < 4.78 is 7.26. The quantitative estimate of drug-likeness (QED) is 0.787. The van der Waals surface area contributed by atoms with Crippen LogP contribution in [-0.4, -0.2) is 51.9 Å². The number of rotatable bonds is 6. The third-order valence-corrected chi connectivity index (χ3v) is 5.13. The molecule has 1 aromatic heterocycles. The van der Waals surface area contributed by atoms with Crippen molar-refractivity contribution in [2.75, 3.05) is 19.6 Å². The predicted octanol–water partition coefficient (Wildman–Crippen LogP) is 3.57. The highest BCUT2D eigenvalue weighted by atomic mass is 16.6. The fraction of sp³-hybridized carbons (Fsp3) is 0.522. The van der Waals surface area contributed by atoms with E-state index in [1.807, 2.05) is 68.2 Å². The van der Waals surface area contributed by atoms with E-state index in [-0.39, 0.29) is 12.0 Å². The summed E-state index contributed by atoms with van der Waals surface area (Å²) in [6.07, 6.45) is 6.48. The molecule has 1 aliphatic heterocycles. The highest BCUT2D eigenvalue weighted by Gasteiger charge is 2.27. The minimum absolute atomic E-state index is 0.0705. The Labute approximate surface area is 178 Å². The molecule has 0 saturated carbocycles. The molecule has 1 saturated heterocycles. The number of likely N-dealkylation sites (tertiary alicyclic amines) is 1. The number of ether oxygens (including phenoxy) is 1. The van der Waals surface area contributed by atoms with E-state index < -0.39 is 5.60 Å². The van der Waals surface area contributed by atoms with Crippen molar-refractivity contribution >= 4 is 12.0 Å². The molecule has 30 heavy (non-hydrogen) atoms. The van der Waals surface area contributed by atoms with Gasteiger partial charge in [0.05, 0.1) is 11.9 Å². The molecule has 0 atom stereocenters. The molecule has 2 aromatic rings. The molecule has 7 heteroatoms. The molecular formula is C23H32N4O3. The summed E-state index contributed by atoms with van der Waals surface area (Å²) in [6, 6.07) is 9.95. The molecule has 2 heterocycles. The number of benzene rings is 1. The smallest absolute Gasteiger partial charge is 0.410 e. The standard InChI is InChI=1S/C23H32N4O3/c1-23(2,3)30-22(29)26-13-10-18(11-14-26)15-21(28)24-12-9-19-16-25-27(17-19)20-7-5-4-6-8-20/h4-8,16-18H,9-15H2,1-3H3,(H,24,28). The van der Waals surface area contributed by atoms with Crippen molar-refractivity contribution in [3.05, 3.63) is 48.3 Å². The molecule has 1 aliphatic rings. The molecule has 3 rings (SSSR count). The average Bonchev–Trinajstić information content (AvgIpc) is 3.17. The van der Waals surface area contributed by atoms with Gasteiger partial charge in [0, 0.05) is 32.3 Å². The van der Waals surface area contributed by atoms with Crippen LogP contribution in [0, 0.1) is 5.92 Å². The first-order chi connectivity index (χ1) is 14.3. The fourth-order valence-electron chi connectivity index (χ4n) is 3.54. The first-order valence-electron chi connectivity index (χ1n) is 10.6. The van der Waals surface area contributed by atoms with Crippen LogP contribution in [0.2, 0.25) is 0 Å². The van der Waals surface area contributed by atoms with Gasteiger partial charge in [0.2, 0.25) is 5.91 Å². The second-order valence-corrected chi connectivity index (χ2v) is 8.84. The number of piperidine rings is 1. The molecule has 1 N–H and O–H groups in total. The normalized spacial score (nSPS) is 15.1. The summed E-state index contributed by atoms with van der Waals surface area (Å²) in [5.41, 5.74) is 1.63. The Morgan fingerprint density at radius 2 is 1.87 bits per heavy atom. The van der Waals surface area contributed by atoms with Crippen molar-refractivity contribution in [3.63, 3.8) is 0 Å². The summed E-state index contributed by atoms with van der Waals surface area (Å²) in [7, 11) is 0. The molecule has 2 amide bonds. The highest BCUT2D eigenvalue weighted by Crippen LogP contribution is 2.22. The lowest BCUT2D eigenvalue weighted by atomic mass is 9.93. The Balaban J connectivity index is 1.35. The van der Waals surface area contributed by atoms with Gasteiger partial charge >= 0.3 is 6.09 Å². The second kappa shape index (κ2) is 9.78. The zero-order valence-corrected chi connectivity index (χ0v) is 18.1. The molecule has 1 fully saturated rings. The van der Waals surface area contributed by atoms with E-state index in [0.29, 0.717) is 32.0 Å². The van der Waals surface area contributed by atoms with Gasteiger partial charge in [-0.2, -0.15) is 5.10 Å². The van der Waals surface area contributed by atoms with Gasteiger partial charge in [0.1, 0.15) is 5.60 Å². The lowest BCUT2D eigenvalue weighted by molar-refractivity contribution is -0.122. The van der Waals surface area contributed by atoms with Crippen molar-refractivity contribution in [2.24, 2.45) is 5.92 Å². The van der Waals surface area contributed by atoms with Crippen LogP contribution in [-0.2, 0) is 16.0 Å². The molecule has 162 valence electrons. The van der Waals surface area contributed by atoms with E-state index in [9.17, 15) is 9.59 Å². The van der Waals surface area contributed by atoms with E-state index in [0.717, 1.165) is 30.5 Å². The molecular weight excluding hydrogens is 380 g/mol. The number of carbonyl (C=O) groups excluding carboxylic acids is 2. The zero-order chi connectivity index (χ0) is 21.6. The number of hydrogen-bond donors (Lipinski definition) is 1. The lowest BCUT2D eigenvalue weighted by Gasteiger charge is -2.33. The monoisotopic (exact) mass is 412 g/mol. The molecule has 0 aliphatic carbocycles. The Morgan fingerprint density at radius 1 is 1.17 bits per heavy atom. The second-order valence-electron chi connectivity index (χ2n) is 8.84. The Bertz CT molecular complexity index is 834. The summed E-state index contributed by atoms with van der Waals surface area (Å²) in [5.74, 6) is 0.380. The van der Waals surface area contributed by atoms with Crippen LogP contribution in [0.1, 0.15) is 45.6 Å². The summed E-state index contributed by atoms with van der Waals surface area (Å²) in [4.78, 5) is 26.2. The summed E-state index contributed by atoms with van der Waals surface area (Å²) >= 11 is 0. The molecule has 0 spiro atoms. The van der Waals surface area contributed by atoms with Gasteiger partial charge in [-0.25, -0.2) is 9.48 Å². The van der Waals surface area contributed by atoms with Crippen molar-refractivity contribution in [1.82, 2.24) is 20.0 Å². The molecule has 0 bridgehead atoms. The van der Waals surface area contributed by atoms with Crippen molar-refractivity contribution in [3.8, 4) is 5.69 Å². The van der Waals surface area contributed by atoms with Crippen LogP contribution in [0.3, 0.4) is 0 Å². The minimum atomic E-state index is -0.481. The number of aromatic nitrogens is 2. The number of hydrogen-bond acceptors (Lipinski definition) is 4. The average molecular weight is 413 g/mol. The Kier molecular flexibility index (Phi) is 7.13. The van der Waals surface area contributed by atoms with Crippen LogP contribution < -0.4 is 5.32 Å². The van der Waals surface area contributed by atoms with Crippen LogP contribution in [0.25, 0.3) is 5.69 Å². The van der Waals surface area contributed by atoms with Crippen molar-refractivity contribution in [1.29, 1.82) is 0 Å². The summed E-state index contributed by atoms with van der Waals surface area (Å²) in [5, 5.41) is 7.39. The van der Waals surface area contributed by atoms with E-state index in [1.165, 1.54) is 0 Å². The van der Waals surface area contributed by atoms with Gasteiger partial charge in [-0.15, -0.1) is 0 Å². The number of nitrogens with one attached hydrogen (secondary N) is 1. The van der Waals surface area contributed by atoms with Gasteiger partial charge in [-0.1, -0.05) is 18.2 Å². The van der Waals surface area contributed by atoms with Crippen LogP contribution >= 0.6 is 0 Å². The van der Waals surface area contributed by atoms with Crippen LogP contribution in [0.15, 0.2) is 42.7 Å². The lowest BCUT2D eigenvalue weighted by Crippen LogP contribution is -2.42. The molecule has 0 radical (unpaired) electrons. The van der Waals surface area contributed by atoms with Crippen LogP contribution in [0.4, 0.5) is 4.79 Å². The maximum absolute atomic E-state index is 12.3. The summed E-state index contributed by atoms with van der Waals surface area (Å²) in [6.45, 7) is 7.49. The van der Waals surface area contributed by atoms with Crippen molar-refractivity contribution in [2.45, 2.75) is 52.1 Å². The van der Waals surface area contributed by atoms with Gasteiger partial charge in [-0.05, 0) is 63.6 Å². The number of amides is 2. The third kappa shape index (κ3) is 6.61. The first kappa shape index (κ1) is 21.9. The van der Waals surface area contributed by atoms with E-state index in [2.05, 4.69) is 10.4 Å². The number of para-hydroxylation sites is 1. The van der Waals surface area contributed by atoms with Crippen molar-refractivity contribution < 1.29 is 14.3 Å². The minimum Gasteiger partial charge on any atom is -0.444 e. The van der Waals surface area contributed by atoms with Crippen LogP contribution in [0.5, 0.6) is 0 Å². The third-order valence-electron chi connectivity index (χ3n) is 5.13. The molecule has 7 nitrogen and oxygen atoms in total. The molecule has 0 unspecified atom stereocenters. The van der Waals surface area contributed by atoms with E-state index in [1.54, 1.807) is 4.90 Å². The maximum Gasteiger partial charge on any atom is 0.410 e. The van der Waals surface area contributed by atoms with Gasteiger partial charge in [0.25, 0.3) is 0 Å². The zero-order valence-electron chi connectivity index (χ0n) is 18.1. The topological polar surface area (TPSA) is 76.5 Å². The van der Waals surface area contributed by atoms with E-state index >= 15 is 0 Å². The number of carbonyl (C=O) groups is 2. The first-order valence-corrected chi connectivity index (χ1v) is 10.6. The SMILES string of the molecule is CC(C)(C)OC(=O)N1CCC(CC(=O)NCCc2cnn(-c3ccccc3)c2)CC1. The molecule has 1 aromatic carbocycles. The number of nitrogens with zero attached hydrogens (tertiary/aromatic N) is 3. The fourth-order valence-corrected chi connectivity index (χ4v) is 3.54. The van der Waals surface area contributed by atoms with Gasteiger partial charge in [-0.3, -0.25) is 4.79 Å². The van der Waals surface area contributed by atoms with E-state index in [4.69, 9.17) is 4.74 Å².